The number of nitrogen functional groups attached to an aromatic ring is 3. The first kappa shape index (κ1) is 10.9. The van der Waals surface area contributed by atoms with Crippen LogP contribution in [0, 0.1) is 0 Å². The Kier molecular flexibility index (Phi) is 2.91. The summed E-state index contributed by atoms with van der Waals surface area (Å²) in [4.78, 5) is 11.4. The van der Waals surface area contributed by atoms with E-state index in [9.17, 15) is 0 Å². The molecule has 0 bridgehead atoms. The average molecular weight is 232 g/mol. The SMILES string of the molecule is Nc1cccc(OCc2nc(N)nc(N)n2)c1. The van der Waals surface area contributed by atoms with Crippen LogP contribution in [0.5, 0.6) is 5.75 Å². The molecule has 1 aromatic heterocycles. The number of benzene rings is 1. The van der Waals surface area contributed by atoms with Crippen molar-refractivity contribution in [2.75, 3.05) is 17.2 Å². The van der Waals surface area contributed by atoms with E-state index in [1.54, 1.807) is 24.3 Å². The van der Waals surface area contributed by atoms with Gasteiger partial charge in [-0.15, -0.1) is 0 Å². The molecule has 88 valence electrons. The van der Waals surface area contributed by atoms with Crippen LogP contribution in [-0.4, -0.2) is 15.0 Å². The van der Waals surface area contributed by atoms with E-state index in [0.717, 1.165) is 0 Å². The van der Waals surface area contributed by atoms with Gasteiger partial charge in [-0.25, -0.2) is 0 Å². The van der Waals surface area contributed by atoms with Crippen LogP contribution in [0.1, 0.15) is 5.82 Å². The Morgan fingerprint density at radius 3 is 2.35 bits per heavy atom. The van der Waals surface area contributed by atoms with Crippen LogP contribution >= 0.6 is 0 Å². The molecule has 0 aliphatic heterocycles. The molecule has 2 rings (SSSR count). The summed E-state index contributed by atoms with van der Waals surface area (Å²) >= 11 is 0. The van der Waals surface area contributed by atoms with Gasteiger partial charge in [-0.3, -0.25) is 0 Å². The van der Waals surface area contributed by atoms with Crippen molar-refractivity contribution in [1.29, 1.82) is 0 Å². The van der Waals surface area contributed by atoms with Gasteiger partial charge in [0, 0.05) is 11.8 Å². The Morgan fingerprint density at radius 2 is 1.71 bits per heavy atom. The summed E-state index contributed by atoms with van der Waals surface area (Å²) in [5.74, 6) is 1.15. The molecule has 0 saturated heterocycles. The molecule has 0 spiro atoms. The predicted molar refractivity (Wildman–Crippen MR) is 63.8 cm³/mol. The second-order valence-electron chi connectivity index (χ2n) is 3.33. The Bertz CT molecular complexity index is 510. The molecule has 1 heterocycles. The van der Waals surface area contributed by atoms with Crippen molar-refractivity contribution in [3.63, 3.8) is 0 Å². The van der Waals surface area contributed by atoms with E-state index in [-0.39, 0.29) is 18.5 Å². The lowest BCUT2D eigenvalue weighted by atomic mass is 10.3. The first-order valence-electron chi connectivity index (χ1n) is 4.88. The van der Waals surface area contributed by atoms with E-state index in [0.29, 0.717) is 17.3 Å². The standard InChI is InChI=1S/C10H12N6O/c11-6-2-1-3-7(4-6)17-5-8-14-9(12)16-10(13)15-8/h1-4H,5,11H2,(H4,12,13,14,15,16). The quantitative estimate of drug-likeness (QED) is 0.645. The van der Waals surface area contributed by atoms with Gasteiger partial charge in [0.1, 0.15) is 12.4 Å². The van der Waals surface area contributed by atoms with Gasteiger partial charge in [0.15, 0.2) is 5.82 Å². The lowest BCUT2D eigenvalue weighted by Gasteiger charge is -2.06. The molecule has 0 amide bonds. The Morgan fingerprint density at radius 1 is 1.00 bits per heavy atom. The maximum Gasteiger partial charge on any atom is 0.225 e. The molecule has 1 aromatic carbocycles. The summed E-state index contributed by atoms with van der Waals surface area (Å²) in [6.07, 6.45) is 0. The van der Waals surface area contributed by atoms with Crippen LogP contribution in [0.15, 0.2) is 24.3 Å². The van der Waals surface area contributed by atoms with Gasteiger partial charge in [-0.1, -0.05) is 6.07 Å². The van der Waals surface area contributed by atoms with Crippen molar-refractivity contribution in [2.24, 2.45) is 0 Å². The van der Waals surface area contributed by atoms with Crippen LogP contribution in [-0.2, 0) is 6.61 Å². The van der Waals surface area contributed by atoms with E-state index in [2.05, 4.69) is 15.0 Å². The third-order valence-corrected chi connectivity index (χ3v) is 1.94. The summed E-state index contributed by atoms with van der Waals surface area (Å²) in [6.45, 7) is 0.153. The van der Waals surface area contributed by atoms with E-state index in [4.69, 9.17) is 21.9 Å². The summed E-state index contributed by atoms with van der Waals surface area (Å²) in [5, 5.41) is 0. The lowest BCUT2D eigenvalue weighted by Crippen LogP contribution is -2.09. The highest BCUT2D eigenvalue weighted by molar-refractivity contribution is 5.43. The Balaban J connectivity index is 2.07. The molecule has 6 N–H and O–H groups in total. The lowest BCUT2D eigenvalue weighted by molar-refractivity contribution is 0.296. The molecule has 0 radical (unpaired) electrons. The molecular weight excluding hydrogens is 220 g/mol. The molecule has 0 fully saturated rings. The molecule has 7 nitrogen and oxygen atoms in total. The van der Waals surface area contributed by atoms with Gasteiger partial charge in [-0.2, -0.15) is 15.0 Å². The minimum absolute atomic E-state index is 0.0728. The second kappa shape index (κ2) is 4.52. The zero-order chi connectivity index (χ0) is 12.3. The molecule has 17 heavy (non-hydrogen) atoms. The van der Waals surface area contributed by atoms with Crippen LogP contribution in [0.2, 0.25) is 0 Å². The molecule has 0 atom stereocenters. The number of hydrogen-bond acceptors (Lipinski definition) is 7. The normalized spacial score (nSPS) is 10.1. The molecular formula is C10H12N6O. The van der Waals surface area contributed by atoms with E-state index in [1.165, 1.54) is 0 Å². The average Bonchev–Trinajstić information content (AvgIpc) is 2.25. The fraction of sp³-hybridized carbons (Fsp3) is 0.100. The summed E-state index contributed by atoms with van der Waals surface area (Å²) in [6, 6.07) is 7.05. The van der Waals surface area contributed by atoms with E-state index < -0.39 is 0 Å². The monoisotopic (exact) mass is 232 g/mol. The van der Waals surface area contributed by atoms with Gasteiger partial charge >= 0.3 is 0 Å². The number of aromatic nitrogens is 3. The smallest absolute Gasteiger partial charge is 0.225 e. The first-order chi connectivity index (χ1) is 8.13. The highest BCUT2D eigenvalue weighted by atomic mass is 16.5. The van der Waals surface area contributed by atoms with Crippen molar-refractivity contribution in [3.8, 4) is 5.75 Å². The first-order valence-corrected chi connectivity index (χ1v) is 4.88. The highest BCUT2D eigenvalue weighted by Crippen LogP contribution is 2.15. The van der Waals surface area contributed by atoms with Gasteiger partial charge in [0.2, 0.25) is 11.9 Å². The van der Waals surface area contributed by atoms with E-state index in [1.807, 2.05) is 0 Å². The number of ether oxygens (including phenoxy) is 1. The Labute approximate surface area is 97.6 Å². The topological polar surface area (TPSA) is 126 Å². The van der Waals surface area contributed by atoms with Gasteiger partial charge in [0.25, 0.3) is 0 Å². The number of anilines is 3. The number of rotatable bonds is 3. The maximum atomic E-state index is 5.61. The summed E-state index contributed by atoms with van der Waals surface area (Å²) in [5.41, 5.74) is 17.1. The van der Waals surface area contributed by atoms with Gasteiger partial charge in [-0.05, 0) is 12.1 Å². The highest BCUT2D eigenvalue weighted by Gasteiger charge is 2.03. The zero-order valence-corrected chi connectivity index (χ0v) is 9.00. The van der Waals surface area contributed by atoms with Crippen LogP contribution in [0.4, 0.5) is 17.6 Å². The van der Waals surface area contributed by atoms with Crippen molar-refractivity contribution in [3.05, 3.63) is 30.1 Å². The minimum atomic E-state index is 0.0728. The number of nitrogens with zero attached hydrogens (tertiary/aromatic N) is 3. The predicted octanol–water partition coefficient (Wildman–Crippen LogP) is 0.197. The molecule has 0 saturated carbocycles. The van der Waals surface area contributed by atoms with Crippen LogP contribution in [0.25, 0.3) is 0 Å². The van der Waals surface area contributed by atoms with Crippen LogP contribution < -0.4 is 21.9 Å². The van der Waals surface area contributed by atoms with Gasteiger partial charge in [0.05, 0.1) is 0 Å². The fourth-order valence-corrected chi connectivity index (χ4v) is 1.27. The van der Waals surface area contributed by atoms with Crippen molar-refractivity contribution in [1.82, 2.24) is 15.0 Å². The molecule has 0 unspecified atom stereocenters. The Hall–Kier alpha value is -2.57. The van der Waals surface area contributed by atoms with Crippen molar-refractivity contribution in [2.45, 2.75) is 6.61 Å². The third kappa shape index (κ3) is 2.94. The summed E-state index contributed by atoms with van der Waals surface area (Å²) < 4.78 is 5.44. The van der Waals surface area contributed by atoms with E-state index >= 15 is 0 Å². The van der Waals surface area contributed by atoms with Crippen molar-refractivity contribution >= 4 is 17.6 Å². The molecule has 0 aliphatic carbocycles. The number of nitrogens with two attached hydrogens (primary N) is 3. The maximum absolute atomic E-state index is 5.61. The summed E-state index contributed by atoms with van der Waals surface area (Å²) in [7, 11) is 0. The third-order valence-electron chi connectivity index (χ3n) is 1.94. The molecule has 2 aromatic rings. The zero-order valence-electron chi connectivity index (χ0n) is 9.00. The number of hydrogen-bond donors (Lipinski definition) is 3. The minimum Gasteiger partial charge on any atom is -0.486 e. The second-order valence-corrected chi connectivity index (χ2v) is 3.33. The van der Waals surface area contributed by atoms with Crippen molar-refractivity contribution < 1.29 is 4.74 Å². The van der Waals surface area contributed by atoms with Gasteiger partial charge < -0.3 is 21.9 Å². The fourth-order valence-electron chi connectivity index (χ4n) is 1.27. The molecule has 7 heteroatoms. The molecule has 0 aliphatic rings. The largest absolute Gasteiger partial charge is 0.486 e. The van der Waals surface area contributed by atoms with Crippen LogP contribution in [0.3, 0.4) is 0 Å².